The number of hydrogen-bond donors (Lipinski definition) is 2. The molecule has 16 heavy (non-hydrogen) atoms. The minimum absolute atomic E-state index is 0.00619. The Balaban J connectivity index is 3.53. The van der Waals surface area contributed by atoms with Crippen LogP contribution < -0.4 is 10.6 Å². The van der Waals surface area contributed by atoms with Crippen molar-refractivity contribution in [1.82, 2.24) is 10.6 Å². The largest absolute Gasteiger partial charge is 0.468 e. The first-order chi connectivity index (χ1) is 7.47. The maximum atomic E-state index is 11.2. The summed E-state index contributed by atoms with van der Waals surface area (Å²) in [6.45, 7) is 4.81. The summed E-state index contributed by atoms with van der Waals surface area (Å²) in [6.07, 6.45) is 0.402. The van der Waals surface area contributed by atoms with Crippen molar-refractivity contribution in [2.45, 2.75) is 31.1 Å². The topological polar surface area (TPSA) is 67.4 Å². The summed E-state index contributed by atoms with van der Waals surface area (Å²) in [5.74, 6) is -0.314. The zero-order valence-electron chi connectivity index (χ0n) is 9.88. The second-order valence-electron chi connectivity index (χ2n) is 3.67. The summed E-state index contributed by atoms with van der Waals surface area (Å²) in [4.78, 5) is 21.9. The van der Waals surface area contributed by atoms with Crippen molar-refractivity contribution in [3.8, 4) is 0 Å². The number of alkyl halides is 1. The van der Waals surface area contributed by atoms with Crippen LogP contribution in [-0.2, 0) is 14.3 Å². The highest BCUT2D eigenvalue weighted by molar-refractivity contribution is 9.10. The van der Waals surface area contributed by atoms with Crippen LogP contribution in [0.1, 0.15) is 20.3 Å². The van der Waals surface area contributed by atoms with E-state index in [4.69, 9.17) is 0 Å². The SMILES string of the molecule is COC(=O)C(Br)CNCCC(=O)NC(C)C. The van der Waals surface area contributed by atoms with Crippen molar-refractivity contribution >= 4 is 27.8 Å². The van der Waals surface area contributed by atoms with Gasteiger partial charge in [-0.3, -0.25) is 9.59 Å². The molecule has 0 aromatic rings. The molecule has 1 atom stereocenters. The molecule has 6 heteroatoms. The molecule has 1 unspecified atom stereocenters. The van der Waals surface area contributed by atoms with Gasteiger partial charge in [0, 0.05) is 25.6 Å². The Morgan fingerprint density at radius 2 is 2.00 bits per heavy atom. The van der Waals surface area contributed by atoms with Crippen LogP contribution in [0.2, 0.25) is 0 Å². The lowest BCUT2D eigenvalue weighted by molar-refractivity contribution is -0.139. The van der Waals surface area contributed by atoms with Crippen molar-refractivity contribution in [3.63, 3.8) is 0 Å². The molecule has 0 aliphatic heterocycles. The number of halogens is 1. The van der Waals surface area contributed by atoms with Gasteiger partial charge in [0.25, 0.3) is 0 Å². The summed E-state index contributed by atoms with van der Waals surface area (Å²) in [5.41, 5.74) is 0. The third-order valence-electron chi connectivity index (χ3n) is 1.76. The number of carbonyl (C=O) groups is 2. The predicted octanol–water partition coefficient (Wildman–Crippen LogP) is 0.427. The molecule has 0 aromatic heterocycles. The quantitative estimate of drug-likeness (QED) is 0.406. The molecule has 2 N–H and O–H groups in total. The molecule has 0 saturated carbocycles. The molecule has 1 amide bonds. The van der Waals surface area contributed by atoms with E-state index in [0.29, 0.717) is 19.5 Å². The lowest BCUT2D eigenvalue weighted by Gasteiger charge is -2.10. The molecule has 0 saturated heterocycles. The van der Waals surface area contributed by atoms with Gasteiger partial charge in [0.1, 0.15) is 4.83 Å². The van der Waals surface area contributed by atoms with Gasteiger partial charge in [0.05, 0.1) is 7.11 Å². The third kappa shape index (κ3) is 7.64. The smallest absolute Gasteiger partial charge is 0.320 e. The fraction of sp³-hybridized carbons (Fsp3) is 0.800. The molecule has 5 nitrogen and oxygen atoms in total. The van der Waals surface area contributed by atoms with Gasteiger partial charge in [-0.25, -0.2) is 0 Å². The molecule has 0 aromatic carbocycles. The Bertz CT molecular complexity index is 234. The van der Waals surface area contributed by atoms with Gasteiger partial charge >= 0.3 is 5.97 Å². The van der Waals surface area contributed by atoms with Crippen LogP contribution in [0.25, 0.3) is 0 Å². The van der Waals surface area contributed by atoms with Crippen LogP contribution in [0, 0.1) is 0 Å². The predicted molar refractivity (Wildman–Crippen MR) is 65.5 cm³/mol. The molecule has 0 aliphatic rings. The van der Waals surface area contributed by atoms with Crippen LogP contribution in [0.5, 0.6) is 0 Å². The average molecular weight is 295 g/mol. The van der Waals surface area contributed by atoms with Crippen molar-refractivity contribution in [1.29, 1.82) is 0 Å². The highest BCUT2D eigenvalue weighted by Crippen LogP contribution is 1.99. The van der Waals surface area contributed by atoms with E-state index in [0.717, 1.165) is 0 Å². The third-order valence-corrected chi connectivity index (χ3v) is 2.46. The molecule has 0 spiro atoms. The number of carbonyl (C=O) groups excluding carboxylic acids is 2. The normalized spacial score (nSPS) is 12.3. The van der Waals surface area contributed by atoms with Gasteiger partial charge < -0.3 is 15.4 Å². The Labute approximate surface area is 104 Å². The Morgan fingerprint density at radius 3 is 2.50 bits per heavy atom. The van der Waals surface area contributed by atoms with Crippen molar-refractivity contribution in [2.24, 2.45) is 0 Å². The minimum Gasteiger partial charge on any atom is -0.468 e. The molecule has 0 rings (SSSR count). The number of hydrogen-bond acceptors (Lipinski definition) is 4. The van der Waals surface area contributed by atoms with Gasteiger partial charge in [0.15, 0.2) is 0 Å². The van der Waals surface area contributed by atoms with E-state index in [2.05, 4.69) is 31.3 Å². The van der Waals surface area contributed by atoms with E-state index in [1.165, 1.54) is 7.11 Å². The summed E-state index contributed by atoms with van der Waals surface area (Å²) in [7, 11) is 1.34. The molecule has 0 aliphatic carbocycles. The summed E-state index contributed by atoms with van der Waals surface area (Å²) in [5, 5.41) is 5.78. The van der Waals surface area contributed by atoms with E-state index in [9.17, 15) is 9.59 Å². The fourth-order valence-electron chi connectivity index (χ4n) is 1.04. The zero-order chi connectivity index (χ0) is 12.6. The molecular weight excluding hydrogens is 276 g/mol. The first-order valence-corrected chi connectivity index (χ1v) is 6.11. The first-order valence-electron chi connectivity index (χ1n) is 5.19. The molecule has 0 radical (unpaired) electrons. The van der Waals surface area contributed by atoms with Gasteiger partial charge in [-0.2, -0.15) is 0 Å². The molecular formula is C10H19BrN2O3. The summed E-state index contributed by atoms with van der Waals surface area (Å²) < 4.78 is 4.54. The average Bonchev–Trinajstić information content (AvgIpc) is 2.21. The number of rotatable bonds is 7. The van der Waals surface area contributed by atoms with Crippen molar-refractivity contribution < 1.29 is 14.3 Å². The Morgan fingerprint density at radius 1 is 1.38 bits per heavy atom. The number of amides is 1. The number of nitrogens with one attached hydrogen (secondary N) is 2. The van der Waals surface area contributed by atoms with Crippen LogP contribution in [-0.4, -0.2) is 42.9 Å². The molecule has 0 bridgehead atoms. The maximum absolute atomic E-state index is 11.2. The summed E-state index contributed by atoms with van der Waals surface area (Å²) >= 11 is 3.17. The highest BCUT2D eigenvalue weighted by Gasteiger charge is 2.14. The van der Waals surface area contributed by atoms with Crippen LogP contribution in [0.3, 0.4) is 0 Å². The van der Waals surface area contributed by atoms with E-state index in [-0.39, 0.29) is 22.7 Å². The van der Waals surface area contributed by atoms with Gasteiger partial charge in [-0.1, -0.05) is 15.9 Å². The zero-order valence-corrected chi connectivity index (χ0v) is 11.5. The second kappa shape index (κ2) is 8.52. The highest BCUT2D eigenvalue weighted by atomic mass is 79.9. The van der Waals surface area contributed by atoms with E-state index >= 15 is 0 Å². The second-order valence-corrected chi connectivity index (χ2v) is 4.77. The lowest BCUT2D eigenvalue weighted by atomic mass is 10.3. The summed E-state index contributed by atoms with van der Waals surface area (Å²) in [6, 6.07) is 0.159. The monoisotopic (exact) mass is 294 g/mol. The number of methoxy groups -OCH3 is 1. The fourth-order valence-corrected chi connectivity index (χ4v) is 1.45. The maximum Gasteiger partial charge on any atom is 0.320 e. The molecule has 0 fully saturated rings. The number of ether oxygens (including phenoxy) is 1. The van der Waals surface area contributed by atoms with E-state index in [1.54, 1.807) is 0 Å². The lowest BCUT2D eigenvalue weighted by Crippen LogP contribution is -2.35. The Hall–Kier alpha value is -0.620. The van der Waals surface area contributed by atoms with E-state index in [1.807, 2.05) is 13.8 Å². The standard InChI is InChI=1S/C10H19BrN2O3/c1-7(2)13-9(14)4-5-12-6-8(11)10(15)16-3/h7-8,12H,4-6H2,1-3H3,(H,13,14). The first kappa shape index (κ1) is 15.4. The molecule has 0 heterocycles. The minimum atomic E-state index is -0.370. The van der Waals surface area contributed by atoms with Gasteiger partial charge in [-0.15, -0.1) is 0 Å². The van der Waals surface area contributed by atoms with Crippen LogP contribution >= 0.6 is 15.9 Å². The molecule has 94 valence electrons. The van der Waals surface area contributed by atoms with Crippen LogP contribution in [0.4, 0.5) is 0 Å². The Kier molecular flexibility index (Phi) is 8.19. The van der Waals surface area contributed by atoms with Crippen molar-refractivity contribution in [2.75, 3.05) is 20.2 Å². The van der Waals surface area contributed by atoms with Gasteiger partial charge in [-0.05, 0) is 13.8 Å². The van der Waals surface area contributed by atoms with Crippen molar-refractivity contribution in [3.05, 3.63) is 0 Å². The van der Waals surface area contributed by atoms with E-state index < -0.39 is 0 Å². The van der Waals surface area contributed by atoms with Gasteiger partial charge in [0.2, 0.25) is 5.91 Å². The van der Waals surface area contributed by atoms with Crippen LogP contribution in [0.15, 0.2) is 0 Å². The number of esters is 1.